The Morgan fingerprint density at radius 1 is 1.18 bits per heavy atom. The van der Waals surface area contributed by atoms with Gasteiger partial charge < -0.3 is 5.32 Å². The first kappa shape index (κ1) is 13.8. The van der Waals surface area contributed by atoms with E-state index in [-0.39, 0.29) is 0 Å². The Kier molecular flexibility index (Phi) is 6.48. The summed E-state index contributed by atoms with van der Waals surface area (Å²) in [4.78, 5) is 0. The van der Waals surface area contributed by atoms with Gasteiger partial charge in [0, 0.05) is 6.07 Å². The monoisotopic (exact) mass is 239 g/mol. The molecule has 0 fully saturated rings. The lowest BCUT2D eigenvalue weighted by Gasteiger charge is -2.00. The van der Waals surface area contributed by atoms with Crippen LogP contribution in [-0.2, 0) is 6.42 Å². The van der Waals surface area contributed by atoms with Crippen molar-refractivity contribution in [2.45, 2.75) is 26.2 Å². The van der Waals surface area contributed by atoms with Gasteiger partial charge in [0.1, 0.15) is 11.6 Å². The Hall–Kier alpha value is -1.22. The zero-order chi connectivity index (χ0) is 12.5. The Labute approximate surface area is 102 Å². The lowest BCUT2D eigenvalue weighted by atomic mass is 10.1. The summed E-state index contributed by atoms with van der Waals surface area (Å²) >= 11 is 0. The highest BCUT2D eigenvalue weighted by Gasteiger charge is 2.00. The van der Waals surface area contributed by atoms with Crippen molar-refractivity contribution < 1.29 is 8.78 Å². The van der Waals surface area contributed by atoms with Gasteiger partial charge in [0.05, 0.1) is 0 Å². The second-order valence-electron chi connectivity index (χ2n) is 3.95. The van der Waals surface area contributed by atoms with E-state index in [0.29, 0.717) is 12.0 Å². The molecule has 17 heavy (non-hydrogen) atoms. The van der Waals surface area contributed by atoms with Crippen LogP contribution in [0.2, 0.25) is 0 Å². The fourth-order valence-corrected chi connectivity index (χ4v) is 1.50. The third-order valence-corrected chi connectivity index (χ3v) is 2.43. The molecule has 1 aromatic carbocycles. The molecule has 1 N–H and O–H groups in total. The molecule has 0 saturated heterocycles. The summed E-state index contributed by atoms with van der Waals surface area (Å²) in [5, 5.41) is 3.28. The fraction of sp³-hybridized carbons (Fsp3) is 0.429. The van der Waals surface area contributed by atoms with Gasteiger partial charge in [-0.3, -0.25) is 0 Å². The molecule has 94 valence electrons. The third-order valence-electron chi connectivity index (χ3n) is 2.43. The largest absolute Gasteiger partial charge is 0.316 e. The SMILES string of the molecule is CCCNCCC=CCc1ccc(F)cc1F. The first-order valence-corrected chi connectivity index (χ1v) is 6.03. The smallest absolute Gasteiger partial charge is 0.129 e. The van der Waals surface area contributed by atoms with Crippen molar-refractivity contribution in [1.29, 1.82) is 0 Å². The third kappa shape index (κ3) is 5.59. The van der Waals surface area contributed by atoms with Crippen LogP contribution >= 0.6 is 0 Å². The summed E-state index contributed by atoms with van der Waals surface area (Å²) in [6.07, 6.45) is 6.52. The van der Waals surface area contributed by atoms with E-state index in [1.54, 1.807) is 0 Å². The van der Waals surface area contributed by atoms with Crippen LogP contribution in [0.4, 0.5) is 8.78 Å². The molecule has 1 rings (SSSR count). The molecule has 3 heteroatoms. The lowest BCUT2D eigenvalue weighted by Crippen LogP contribution is -2.15. The minimum atomic E-state index is -0.529. The van der Waals surface area contributed by atoms with Crippen molar-refractivity contribution >= 4 is 0 Å². The highest BCUT2D eigenvalue weighted by Crippen LogP contribution is 2.10. The van der Waals surface area contributed by atoms with Gasteiger partial charge >= 0.3 is 0 Å². The van der Waals surface area contributed by atoms with Gasteiger partial charge in [0.2, 0.25) is 0 Å². The molecule has 0 saturated carbocycles. The Balaban J connectivity index is 2.27. The van der Waals surface area contributed by atoms with Crippen LogP contribution in [0, 0.1) is 11.6 Å². The van der Waals surface area contributed by atoms with E-state index in [2.05, 4.69) is 12.2 Å². The van der Waals surface area contributed by atoms with E-state index in [4.69, 9.17) is 0 Å². The van der Waals surface area contributed by atoms with E-state index in [1.807, 2.05) is 12.2 Å². The van der Waals surface area contributed by atoms with Crippen LogP contribution in [0.5, 0.6) is 0 Å². The van der Waals surface area contributed by atoms with Gasteiger partial charge in [0.25, 0.3) is 0 Å². The van der Waals surface area contributed by atoms with Crippen molar-refractivity contribution in [2.24, 2.45) is 0 Å². The van der Waals surface area contributed by atoms with Crippen molar-refractivity contribution in [3.05, 3.63) is 47.5 Å². The molecule has 1 nitrogen and oxygen atoms in total. The average Bonchev–Trinajstić information content (AvgIpc) is 2.30. The molecule has 1 aromatic rings. The molecule has 0 unspecified atom stereocenters. The maximum absolute atomic E-state index is 13.2. The second-order valence-corrected chi connectivity index (χ2v) is 3.95. The first-order valence-electron chi connectivity index (χ1n) is 6.03. The number of allylic oxidation sites excluding steroid dienone is 1. The fourth-order valence-electron chi connectivity index (χ4n) is 1.50. The molecule has 0 aliphatic carbocycles. The molecule has 0 aromatic heterocycles. The number of benzene rings is 1. The summed E-state index contributed by atoms with van der Waals surface area (Å²) in [5.74, 6) is -1.00. The van der Waals surface area contributed by atoms with Gasteiger partial charge in [-0.25, -0.2) is 8.78 Å². The molecule has 0 atom stereocenters. The summed E-state index contributed by atoms with van der Waals surface area (Å²) in [6.45, 7) is 4.09. The van der Waals surface area contributed by atoms with Crippen LogP contribution in [0.1, 0.15) is 25.3 Å². The quantitative estimate of drug-likeness (QED) is 0.567. The molecule has 0 amide bonds. The maximum Gasteiger partial charge on any atom is 0.129 e. The second kappa shape index (κ2) is 7.96. The van der Waals surface area contributed by atoms with Gasteiger partial charge in [-0.2, -0.15) is 0 Å². The van der Waals surface area contributed by atoms with Gasteiger partial charge in [0.15, 0.2) is 0 Å². The maximum atomic E-state index is 13.2. The average molecular weight is 239 g/mol. The molecule has 0 heterocycles. The van der Waals surface area contributed by atoms with Gasteiger partial charge in [-0.1, -0.05) is 25.1 Å². The number of nitrogens with one attached hydrogen (secondary N) is 1. The van der Waals surface area contributed by atoms with E-state index in [0.717, 1.165) is 32.0 Å². The van der Waals surface area contributed by atoms with Crippen LogP contribution in [0.3, 0.4) is 0 Å². The summed E-state index contributed by atoms with van der Waals surface area (Å²) in [7, 11) is 0. The Morgan fingerprint density at radius 3 is 2.71 bits per heavy atom. The van der Waals surface area contributed by atoms with Crippen LogP contribution in [0.25, 0.3) is 0 Å². The summed E-state index contributed by atoms with van der Waals surface area (Å²) < 4.78 is 25.9. The Morgan fingerprint density at radius 2 is 2.00 bits per heavy atom. The molecule has 0 radical (unpaired) electrons. The van der Waals surface area contributed by atoms with Crippen LogP contribution in [0.15, 0.2) is 30.4 Å². The van der Waals surface area contributed by atoms with E-state index in [1.165, 1.54) is 12.1 Å². The zero-order valence-corrected chi connectivity index (χ0v) is 10.2. The number of hydrogen-bond acceptors (Lipinski definition) is 1. The summed E-state index contributed by atoms with van der Waals surface area (Å²) in [5.41, 5.74) is 0.532. The molecular weight excluding hydrogens is 220 g/mol. The minimum absolute atomic E-state index is 0.473. The standard InChI is InChI=1S/C14H19F2N/c1-2-9-17-10-5-3-4-6-12-7-8-13(15)11-14(12)16/h3-4,7-8,11,17H,2,5-6,9-10H2,1H3. The number of halogens is 2. The van der Waals surface area contributed by atoms with Gasteiger partial charge in [-0.05, 0) is 44.0 Å². The zero-order valence-electron chi connectivity index (χ0n) is 10.2. The highest BCUT2D eigenvalue weighted by molar-refractivity contribution is 5.20. The Bertz CT molecular complexity index is 361. The number of hydrogen-bond donors (Lipinski definition) is 1. The first-order chi connectivity index (χ1) is 8.24. The number of rotatable bonds is 7. The van der Waals surface area contributed by atoms with Gasteiger partial charge in [-0.15, -0.1) is 0 Å². The van der Waals surface area contributed by atoms with Crippen molar-refractivity contribution in [1.82, 2.24) is 5.32 Å². The predicted molar refractivity (Wildman–Crippen MR) is 67.0 cm³/mol. The molecular formula is C14H19F2N. The molecule has 0 spiro atoms. The van der Waals surface area contributed by atoms with Crippen molar-refractivity contribution in [3.63, 3.8) is 0 Å². The van der Waals surface area contributed by atoms with Crippen LogP contribution < -0.4 is 5.32 Å². The van der Waals surface area contributed by atoms with Crippen molar-refractivity contribution in [2.75, 3.05) is 13.1 Å². The van der Waals surface area contributed by atoms with E-state index in [9.17, 15) is 8.78 Å². The predicted octanol–water partition coefficient (Wildman–Crippen LogP) is 3.45. The van der Waals surface area contributed by atoms with Crippen LogP contribution in [-0.4, -0.2) is 13.1 Å². The lowest BCUT2D eigenvalue weighted by molar-refractivity contribution is 0.575. The summed E-state index contributed by atoms with van der Waals surface area (Å²) in [6, 6.07) is 3.70. The molecule has 0 aliphatic rings. The minimum Gasteiger partial charge on any atom is -0.316 e. The van der Waals surface area contributed by atoms with E-state index >= 15 is 0 Å². The van der Waals surface area contributed by atoms with Crippen molar-refractivity contribution in [3.8, 4) is 0 Å². The molecule has 0 bridgehead atoms. The normalized spacial score (nSPS) is 11.2. The topological polar surface area (TPSA) is 12.0 Å². The van der Waals surface area contributed by atoms with E-state index < -0.39 is 11.6 Å². The molecule has 0 aliphatic heterocycles. The highest BCUT2D eigenvalue weighted by atomic mass is 19.1.